The van der Waals surface area contributed by atoms with Crippen molar-refractivity contribution in [1.82, 2.24) is 14.8 Å². The van der Waals surface area contributed by atoms with Gasteiger partial charge >= 0.3 is 5.97 Å². The molecule has 0 atom stereocenters. The third kappa shape index (κ3) is 1.84. The van der Waals surface area contributed by atoms with E-state index in [-0.39, 0.29) is 0 Å². The number of nitrogens with one attached hydrogen (secondary N) is 1. The average molecular weight is 272 g/mol. The topological polar surface area (TPSA) is 80.0 Å². The van der Waals surface area contributed by atoms with Crippen molar-refractivity contribution < 1.29 is 9.90 Å². The van der Waals surface area contributed by atoms with Gasteiger partial charge in [0.25, 0.3) is 0 Å². The van der Waals surface area contributed by atoms with Crippen LogP contribution >= 0.6 is 0 Å². The normalized spacial score (nSPS) is 13.9. The zero-order chi connectivity index (χ0) is 14.3. The van der Waals surface area contributed by atoms with Crippen LogP contribution in [-0.2, 0) is 16.8 Å². The number of nitrogens with zero attached hydrogens (tertiary/aromatic N) is 3. The molecule has 6 nitrogen and oxygen atoms in total. The molecule has 2 aromatic heterocycles. The summed E-state index contributed by atoms with van der Waals surface area (Å²) in [7, 11) is 0. The molecule has 3 heterocycles. The van der Waals surface area contributed by atoms with Gasteiger partial charge in [0.05, 0.1) is 6.20 Å². The number of hydrogen-bond acceptors (Lipinski definition) is 4. The monoisotopic (exact) mass is 272 g/mol. The van der Waals surface area contributed by atoms with Gasteiger partial charge in [-0.05, 0) is 31.9 Å². The summed E-state index contributed by atoms with van der Waals surface area (Å²) in [6, 6.07) is 1.95. The van der Waals surface area contributed by atoms with Crippen molar-refractivity contribution in [3.63, 3.8) is 0 Å². The Morgan fingerprint density at radius 3 is 3.05 bits per heavy atom. The summed E-state index contributed by atoms with van der Waals surface area (Å²) in [4.78, 5) is 15.6. The highest BCUT2D eigenvalue weighted by atomic mass is 16.4. The lowest BCUT2D eigenvalue weighted by Gasteiger charge is -2.19. The first kappa shape index (κ1) is 12.7. The molecule has 0 spiro atoms. The van der Waals surface area contributed by atoms with Gasteiger partial charge in [-0.25, -0.2) is 9.78 Å². The highest BCUT2D eigenvalue weighted by Gasteiger charge is 2.30. The third-order valence-corrected chi connectivity index (χ3v) is 3.71. The SMILES string of the molecule is CC(C)(C(=O)O)n1cc(-c2ccnc3c2CCN3)cn1. The van der Waals surface area contributed by atoms with E-state index in [2.05, 4.69) is 15.4 Å². The molecule has 0 aliphatic carbocycles. The molecule has 2 N–H and O–H groups in total. The molecule has 0 radical (unpaired) electrons. The second kappa shape index (κ2) is 4.33. The molecule has 20 heavy (non-hydrogen) atoms. The molecule has 0 amide bonds. The smallest absolute Gasteiger partial charge is 0.331 e. The Hall–Kier alpha value is -2.37. The Bertz CT molecular complexity index is 676. The second-order valence-electron chi connectivity index (χ2n) is 5.40. The Kier molecular flexibility index (Phi) is 2.74. The lowest BCUT2D eigenvalue weighted by molar-refractivity contribution is -0.146. The maximum Gasteiger partial charge on any atom is 0.331 e. The largest absolute Gasteiger partial charge is 0.479 e. The van der Waals surface area contributed by atoms with Crippen LogP contribution in [0.25, 0.3) is 11.1 Å². The highest BCUT2D eigenvalue weighted by molar-refractivity contribution is 5.76. The van der Waals surface area contributed by atoms with E-state index in [0.717, 1.165) is 29.9 Å². The van der Waals surface area contributed by atoms with Gasteiger partial charge in [-0.1, -0.05) is 0 Å². The maximum absolute atomic E-state index is 11.3. The summed E-state index contributed by atoms with van der Waals surface area (Å²) in [5, 5.41) is 16.7. The molecule has 0 saturated carbocycles. The van der Waals surface area contributed by atoms with E-state index in [1.165, 1.54) is 10.2 Å². The van der Waals surface area contributed by atoms with E-state index in [4.69, 9.17) is 0 Å². The van der Waals surface area contributed by atoms with Crippen LogP contribution < -0.4 is 5.32 Å². The average Bonchev–Trinajstić information content (AvgIpc) is 3.07. The predicted molar refractivity (Wildman–Crippen MR) is 74.6 cm³/mol. The zero-order valence-corrected chi connectivity index (χ0v) is 11.4. The lowest BCUT2D eigenvalue weighted by Crippen LogP contribution is -2.35. The van der Waals surface area contributed by atoms with E-state index in [1.807, 2.05) is 6.07 Å². The Morgan fingerprint density at radius 1 is 1.50 bits per heavy atom. The summed E-state index contributed by atoms with van der Waals surface area (Å²) in [5.41, 5.74) is 2.08. The fourth-order valence-electron chi connectivity index (χ4n) is 2.34. The zero-order valence-electron chi connectivity index (χ0n) is 11.4. The minimum Gasteiger partial charge on any atom is -0.479 e. The number of carbonyl (C=O) groups is 1. The number of pyridine rings is 1. The van der Waals surface area contributed by atoms with Crippen LogP contribution in [0.1, 0.15) is 19.4 Å². The third-order valence-electron chi connectivity index (χ3n) is 3.71. The molecule has 0 bridgehead atoms. The first-order valence-electron chi connectivity index (χ1n) is 6.51. The van der Waals surface area contributed by atoms with Gasteiger partial charge in [-0.2, -0.15) is 5.10 Å². The fourth-order valence-corrected chi connectivity index (χ4v) is 2.34. The van der Waals surface area contributed by atoms with Crippen molar-refractivity contribution in [2.45, 2.75) is 25.8 Å². The number of carboxylic acids is 1. The van der Waals surface area contributed by atoms with Crippen LogP contribution in [0, 0.1) is 0 Å². The minimum atomic E-state index is -1.06. The number of aliphatic carboxylic acids is 1. The second-order valence-corrected chi connectivity index (χ2v) is 5.40. The van der Waals surface area contributed by atoms with Crippen molar-refractivity contribution in [3.8, 4) is 11.1 Å². The molecule has 3 rings (SSSR count). The van der Waals surface area contributed by atoms with E-state index < -0.39 is 11.5 Å². The molecule has 0 unspecified atom stereocenters. The van der Waals surface area contributed by atoms with Gasteiger partial charge in [-0.15, -0.1) is 0 Å². The summed E-state index contributed by atoms with van der Waals surface area (Å²) in [6.07, 6.45) is 6.17. The van der Waals surface area contributed by atoms with Gasteiger partial charge in [0.2, 0.25) is 0 Å². The standard InChI is InChI=1S/C14H16N4O2/c1-14(2,13(19)20)18-8-9(7-17-18)10-3-5-15-12-11(10)4-6-16-12/h3,5,7-8H,4,6H2,1-2H3,(H,15,16)(H,19,20). The molecule has 1 aliphatic heterocycles. The van der Waals surface area contributed by atoms with Crippen LogP contribution in [0.2, 0.25) is 0 Å². The van der Waals surface area contributed by atoms with Gasteiger partial charge < -0.3 is 10.4 Å². The summed E-state index contributed by atoms with van der Waals surface area (Å²) < 4.78 is 1.49. The molecule has 2 aromatic rings. The van der Waals surface area contributed by atoms with Crippen molar-refractivity contribution in [3.05, 3.63) is 30.2 Å². The molecule has 0 saturated heterocycles. The first-order chi connectivity index (χ1) is 9.50. The molecular formula is C14H16N4O2. The number of rotatable bonds is 3. The van der Waals surface area contributed by atoms with Crippen molar-refractivity contribution >= 4 is 11.8 Å². The summed E-state index contributed by atoms with van der Waals surface area (Å²) >= 11 is 0. The van der Waals surface area contributed by atoms with E-state index in [0.29, 0.717) is 0 Å². The van der Waals surface area contributed by atoms with Crippen LogP contribution in [-0.4, -0.2) is 32.4 Å². The number of fused-ring (bicyclic) bond motifs is 1. The molecular weight excluding hydrogens is 256 g/mol. The minimum absolute atomic E-state index is 0.883. The first-order valence-corrected chi connectivity index (χ1v) is 6.51. The Labute approximate surface area is 116 Å². The van der Waals surface area contributed by atoms with Gasteiger partial charge in [0, 0.05) is 30.1 Å². The Morgan fingerprint density at radius 2 is 2.30 bits per heavy atom. The molecule has 0 aromatic carbocycles. The maximum atomic E-state index is 11.3. The Balaban J connectivity index is 2.04. The quantitative estimate of drug-likeness (QED) is 0.889. The summed E-state index contributed by atoms with van der Waals surface area (Å²) in [6.45, 7) is 4.14. The number of aromatic nitrogens is 3. The highest BCUT2D eigenvalue weighted by Crippen LogP contribution is 2.31. The van der Waals surface area contributed by atoms with Crippen LogP contribution in [0.15, 0.2) is 24.7 Å². The molecule has 0 fully saturated rings. The van der Waals surface area contributed by atoms with Crippen molar-refractivity contribution in [1.29, 1.82) is 0 Å². The van der Waals surface area contributed by atoms with Crippen LogP contribution in [0.3, 0.4) is 0 Å². The van der Waals surface area contributed by atoms with E-state index in [9.17, 15) is 9.90 Å². The molecule has 1 aliphatic rings. The van der Waals surface area contributed by atoms with Gasteiger partial charge in [-0.3, -0.25) is 4.68 Å². The van der Waals surface area contributed by atoms with Crippen LogP contribution in [0.4, 0.5) is 5.82 Å². The molecule has 6 heteroatoms. The van der Waals surface area contributed by atoms with Crippen molar-refractivity contribution in [2.24, 2.45) is 0 Å². The lowest BCUT2D eigenvalue weighted by atomic mass is 10.0. The molecule has 104 valence electrons. The van der Waals surface area contributed by atoms with E-state index >= 15 is 0 Å². The summed E-state index contributed by atoms with van der Waals surface area (Å²) in [5.74, 6) is 0.00141. The van der Waals surface area contributed by atoms with E-state index in [1.54, 1.807) is 32.4 Å². The van der Waals surface area contributed by atoms with Gasteiger partial charge in [0.15, 0.2) is 5.54 Å². The van der Waals surface area contributed by atoms with Crippen LogP contribution in [0.5, 0.6) is 0 Å². The number of anilines is 1. The predicted octanol–water partition coefficient (Wildman–Crippen LogP) is 1.73. The fraction of sp³-hybridized carbons (Fsp3) is 0.357. The van der Waals surface area contributed by atoms with Gasteiger partial charge in [0.1, 0.15) is 5.82 Å². The van der Waals surface area contributed by atoms with Crippen molar-refractivity contribution in [2.75, 3.05) is 11.9 Å². The number of hydrogen-bond donors (Lipinski definition) is 2. The number of carboxylic acid groups (broad SMARTS) is 1.